The molecule has 0 saturated carbocycles. The SMILES string of the molecule is O=C(NO)c1cc(F)c2c(c1)CN(C[C@H]1CCCCO1)CC2. The van der Waals surface area contributed by atoms with E-state index in [1.165, 1.54) is 12.5 Å². The molecular formula is C16H21FN2O3. The summed E-state index contributed by atoms with van der Waals surface area (Å²) in [5, 5.41) is 8.70. The van der Waals surface area contributed by atoms with Gasteiger partial charge in [0.15, 0.2) is 0 Å². The lowest BCUT2D eigenvalue weighted by molar-refractivity contribution is -0.00810. The molecule has 1 atom stereocenters. The van der Waals surface area contributed by atoms with E-state index in [1.807, 2.05) is 0 Å². The minimum atomic E-state index is -0.686. The number of benzene rings is 1. The molecule has 2 aliphatic rings. The first-order chi connectivity index (χ1) is 10.7. The summed E-state index contributed by atoms with van der Waals surface area (Å²) in [5.41, 5.74) is 3.20. The monoisotopic (exact) mass is 308 g/mol. The summed E-state index contributed by atoms with van der Waals surface area (Å²) < 4.78 is 19.9. The van der Waals surface area contributed by atoms with Gasteiger partial charge < -0.3 is 4.74 Å². The van der Waals surface area contributed by atoms with Crippen molar-refractivity contribution in [3.8, 4) is 0 Å². The normalized spacial score (nSPS) is 22.2. The topological polar surface area (TPSA) is 61.8 Å². The highest BCUT2D eigenvalue weighted by molar-refractivity contribution is 5.93. The maximum atomic E-state index is 14.1. The molecule has 1 fully saturated rings. The van der Waals surface area contributed by atoms with Gasteiger partial charge >= 0.3 is 0 Å². The van der Waals surface area contributed by atoms with Gasteiger partial charge in [0.2, 0.25) is 0 Å². The highest BCUT2D eigenvalue weighted by atomic mass is 19.1. The number of nitrogens with one attached hydrogen (secondary N) is 1. The highest BCUT2D eigenvalue weighted by Gasteiger charge is 2.24. The Balaban J connectivity index is 1.73. The Morgan fingerprint density at radius 2 is 2.32 bits per heavy atom. The van der Waals surface area contributed by atoms with Crippen molar-refractivity contribution in [1.82, 2.24) is 10.4 Å². The van der Waals surface area contributed by atoms with Gasteiger partial charge in [-0.05, 0) is 48.9 Å². The lowest BCUT2D eigenvalue weighted by Gasteiger charge is -2.33. The fraction of sp³-hybridized carbons (Fsp3) is 0.562. The molecule has 0 aromatic heterocycles. The van der Waals surface area contributed by atoms with Crippen LogP contribution in [0, 0.1) is 5.82 Å². The third-order valence-corrected chi connectivity index (χ3v) is 4.46. The lowest BCUT2D eigenvalue weighted by atomic mass is 9.96. The minimum absolute atomic E-state index is 0.148. The molecule has 120 valence electrons. The van der Waals surface area contributed by atoms with Crippen molar-refractivity contribution in [3.63, 3.8) is 0 Å². The predicted molar refractivity (Wildman–Crippen MR) is 78.2 cm³/mol. The van der Waals surface area contributed by atoms with Crippen LogP contribution in [-0.4, -0.2) is 41.8 Å². The second-order valence-electron chi connectivity index (χ2n) is 6.01. The van der Waals surface area contributed by atoms with E-state index in [9.17, 15) is 9.18 Å². The Labute approximate surface area is 129 Å². The first-order valence-corrected chi connectivity index (χ1v) is 7.77. The van der Waals surface area contributed by atoms with Gasteiger partial charge in [0, 0.05) is 31.8 Å². The number of fused-ring (bicyclic) bond motifs is 1. The molecule has 1 saturated heterocycles. The van der Waals surface area contributed by atoms with Gasteiger partial charge in [-0.2, -0.15) is 0 Å². The smallest absolute Gasteiger partial charge is 0.274 e. The van der Waals surface area contributed by atoms with Crippen LogP contribution in [-0.2, 0) is 17.7 Å². The Hall–Kier alpha value is -1.50. The van der Waals surface area contributed by atoms with Gasteiger partial charge in [-0.25, -0.2) is 9.87 Å². The average Bonchev–Trinajstić information content (AvgIpc) is 2.54. The van der Waals surface area contributed by atoms with Crippen molar-refractivity contribution in [2.24, 2.45) is 0 Å². The summed E-state index contributed by atoms with van der Waals surface area (Å²) >= 11 is 0. The standard InChI is InChI=1S/C16H21FN2O3/c17-15-8-11(16(20)18-21)7-12-9-19(5-4-14(12)15)10-13-3-1-2-6-22-13/h7-8,13,21H,1-6,9-10H2,(H,18,20)/t13-/m1/s1. The molecule has 1 aromatic carbocycles. The maximum absolute atomic E-state index is 14.1. The van der Waals surface area contributed by atoms with Gasteiger partial charge in [-0.3, -0.25) is 14.9 Å². The summed E-state index contributed by atoms with van der Waals surface area (Å²) in [6.07, 6.45) is 4.29. The van der Waals surface area contributed by atoms with Crippen molar-refractivity contribution in [1.29, 1.82) is 0 Å². The largest absolute Gasteiger partial charge is 0.377 e. The quantitative estimate of drug-likeness (QED) is 0.661. The van der Waals surface area contributed by atoms with Crippen LogP contribution in [0.1, 0.15) is 40.7 Å². The van der Waals surface area contributed by atoms with Crippen LogP contribution in [0.4, 0.5) is 4.39 Å². The zero-order valence-electron chi connectivity index (χ0n) is 12.5. The zero-order valence-corrected chi connectivity index (χ0v) is 12.5. The van der Waals surface area contributed by atoms with E-state index in [0.717, 1.165) is 38.1 Å². The molecule has 0 bridgehead atoms. The van der Waals surface area contributed by atoms with Crippen LogP contribution in [0.15, 0.2) is 12.1 Å². The fourth-order valence-electron chi connectivity index (χ4n) is 3.30. The molecule has 22 heavy (non-hydrogen) atoms. The van der Waals surface area contributed by atoms with Gasteiger partial charge in [0.1, 0.15) is 5.82 Å². The number of hydrogen-bond acceptors (Lipinski definition) is 4. The molecule has 5 nitrogen and oxygen atoms in total. The van der Waals surface area contributed by atoms with Crippen LogP contribution in [0.25, 0.3) is 0 Å². The van der Waals surface area contributed by atoms with Crippen LogP contribution < -0.4 is 5.48 Å². The Morgan fingerprint density at radius 3 is 3.05 bits per heavy atom. The maximum Gasteiger partial charge on any atom is 0.274 e. The predicted octanol–water partition coefficient (Wildman–Crippen LogP) is 1.87. The fourth-order valence-corrected chi connectivity index (χ4v) is 3.30. The summed E-state index contributed by atoms with van der Waals surface area (Å²) in [6, 6.07) is 2.85. The molecular weight excluding hydrogens is 287 g/mol. The van der Waals surface area contributed by atoms with E-state index >= 15 is 0 Å². The van der Waals surface area contributed by atoms with Crippen LogP contribution in [0.5, 0.6) is 0 Å². The van der Waals surface area contributed by atoms with Crippen molar-refractivity contribution in [2.45, 2.75) is 38.3 Å². The number of ether oxygens (including phenoxy) is 1. The van der Waals surface area contributed by atoms with Crippen molar-refractivity contribution < 1.29 is 19.1 Å². The second-order valence-corrected chi connectivity index (χ2v) is 6.01. The van der Waals surface area contributed by atoms with E-state index in [-0.39, 0.29) is 17.5 Å². The number of nitrogens with zero attached hydrogens (tertiary/aromatic N) is 1. The number of rotatable bonds is 3. The molecule has 2 aliphatic heterocycles. The van der Waals surface area contributed by atoms with Crippen molar-refractivity contribution in [3.05, 3.63) is 34.6 Å². The van der Waals surface area contributed by atoms with Crippen LogP contribution in [0.3, 0.4) is 0 Å². The molecule has 1 amide bonds. The summed E-state index contributed by atoms with van der Waals surface area (Å²) in [4.78, 5) is 13.7. The average molecular weight is 308 g/mol. The first-order valence-electron chi connectivity index (χ1n) is 7.77. The minimum Gasteiger partial charge on any atom is -0.377 e. The van der Waals surface area contributed by atoms with Gasteiger partial charge in [0.05, 0.1) is 6.10 Å². The highest BCUT2D eigenvalue weighted by Crippen LogP contribution is 2.25. The molecule has 0 aliphatic carbocycles. The molecule has 2 heterocycles. The van der Waals surface area contributed by atoms with Crippen molar-refractivity contribution in [2.75, 3.05) is 19.7 Å². The summed E-state index contributed by atoms with van der Waals surface area (Å²) in [5.74, 6) is -1.06. The first kappa shape index (κ1) is 15.4. The summed E-state index contributed by atoms with van der Waals surface area (Å²) in [6.45, 7) is 3.08. The molecule has 3 rings (SSSR count). The Morgan fingerprint density at radius 1 is 1.45 bits per heavy atom. The van der Waals surface area contributed by atoms with E-state index in [1.54, 1.807) is 11.5 Å². The van der Waals surface area contributed by atoms with Crippen molar-refractivity contribution >= 4 is 5.91 Å². The second kappa shape index (κ2) is 6.73. The van der Waals surface area contributed by atoms with E-state index < -0.39 is 5.91 Å². The number of hydroxylamine groups is 1. The molecule has 2 N–H and O–H groups in total. The lowest BCUT2D eigenvalue weighted by Crippen LogP contribution is -2.39. The number of halogens is 1. The van der Waals surface area contributed by atoms with Gasteiger partial charge in [0.25, 0.3) is 5.91 Å². The molecule has 6 heteroatoms. The molecule has 0 radical (unpaired) electrons. The Bertz CT molecular complexity index is 559. The van der Waals surface area contributed by atoms with E-state index in [4.69, 9.17) is 9.94 Å². The van der Waals surface area contributed by atoms with Gasteiger partial charge in [-0.15, -0.1) is 0 Å². The molecule has 0 spiro atoms. The number of carbonyl (C=O) groups is 1. The number of amides is 1. The van der Waals surface area contributed by atoms with E-state index in [2.05, 4.69) is 4.90 Å². The van der Waals surface area contributed by atoms with Crippen LogP contribution >= 0.6 is 0 Å². The third kappa shape index (κ3) is 3.29. The number of hydrogen-bond donors (Lipinski definition) is 2. The Kier molecular flexibility index (Phi) is 4.71. The third-order valence-electron chi connectivity index (χ3n) is 4.46. The van der Waals surface area contributed by atoms with Gasteiger partial charge in [-0.1, -0.05) is 0 Å². The van der Waals surface area contributed by atoms with Crippen LogP contribution in [0.2, 0.25) is 0 Å². The summed E-state index contributed by atoms with van der Waals surface area (Å²) in [7, 11) is 0. The molecule has 1 aromatic rings. The number of carbonyl (C=O) groups excluding carboxylic acids is 1. The molecule has 0 unspecified atom stereocenters. The van der Waals surface area contributed by atoms with E-state index in [0.29, 0.717) is 18.5 Å². The zero-order chi connectivity index (χ0) is 15.5.